The number of thiophene rings is 1. The number of ether oxygens (including phenoxy) is 2. The van der Waals surface area contributed by atoms with Crippen LogP contribution >= 0.6 is 11.3 Å². The third-order valence-electron chi connectivity index (χ3n) is 5.44. The van der Waals surface area contributed by atoms with Crippen molar-refractivity contribution in [3.63, 3.8) is 0 Å². The lowest BCUT2D eigenvalue weighted by Gasteiger charge is -2.10. The van der Waals surface area contributed by atoms with Crippen LogP contribution in [0, 0.1) is 6.92 Å². The average molecular weight is 455 g/mol. The summed E-state index contributed by atoms with van der Waals surface area (Å²) in [6.07, 6.45) is 0. The molecule has 0 atom stereocenters. The number of nitrogens with zero attached hydrogens (tertiary/aromatic N) is 1. The third kappa shape index (κ3) is 4.52. The maximum atomic E-state index is 11.3. The van der Waals surface area contributed by atoms with Crippen LogP contribution in [-0.4, -0.2) is 11.0 Å². The topological polar surface area (TPSA) is 71.5 Å². The molecule has 0 aliphatic heterocycles. The van der Waals surface area contributed by atoms with Crippen LogP contribution < -0.4 is 14.6 Å². The molecule has 0 aliphatic carbocycles. The number of aromatic nitrogens is 1. The SMILES string of the molecule is Cc1c(C(=O)[O-])sc2ccc(OCc3cccc(OCc4ccc5ccccc5n4)c3)cc12. The molecule has 33 heavy (non-hydrogen) atoms. The van der Waals surface area contributed by atoms with Gasteiger partial charge in [-0.05, 0) is 65.9 Å². The number of hydrogen-bond donors (Lipinski definition) is 0. The second-order valence-electron chi connectivity index (χ2n) is 7.72. The lowest BCUT2D eigenvalue weighted by molar-refractivity contribution is -0.254. The van der Waals surface area contributed by atoms with E-state index in [-0.39, 0.29) is 4.88 Å². The molecule has 5 nitrogen and oxygen atoms in total. The highest BCUT2D eigenvalue weighted by Crippen LogP contribution is 2.33. The molecule has 3 aromatic carbocycles. The standard InChI is InChI=1S/C27H21NO4S/c1-17-23-14-22(11-12-25(23)33-26(17)27(29)30)31-15-18-5-4-7-21(13-18)32-16-20-10-9-19-6-2-3-8-24(19)28-20/h2-14H,15-16H2,1H3,(H,29,30)/p-1. The van der Waals surface area contributed by atoms with Gasteiger partial charge in [-0.25, -0.2) is 4.98 Å². The summed E-state index contributed by atoms with van der Waals surface area (Å²) in [4.78, 5) is 16.2. The number of benzene rings is 3. The van der Waals surface area contributed by atoms with Gasteiger partial charge in [0.05, 0.1) is 22.1 Å². The zero-order valence-corrected chi connectivity index (χ0v) is 18.7. The van der Waals surface area contributed by atoms with Crippen LogP contribution in [0.5, 0.6) is 11.5 Å². The highest BCUT2D eigenvalue weighted by atomic mass is 32.1. The van der Waals surface area contributed by atoms with E-state index in [2.05, 4.69) is 4.98 Å². The Labute approximate surface area is 194 Å². The van der Waals surface area contributed by atoms with Crippen molar-refractivity contribution in [1.29, 1.82) is 0 Å². The van der Waals surface area contributed by atoms with Gasteiger partial charge in [0, 0.05) is 10.1 Å². The Balaban J connectivity index is 1.25. The number of rotatable bonds is 7. The number of carbonyl (C=O) groups is 1. The van der Waals surface area contributed by atoms with Crippen molar-refractivity contribution in [3.05, 3.63) is 101 Å². The van der Waals surface area contributed by atoms with Crippen LogP contribution in [0.3, 0.4) is 0 Å². The quantitative estimate of drug-likeness (QED) is 0.335. The zero-order valence-electron chi connectivity index (χ0n) is 17.9. The summed E-state index contributed by atoms with van der Waals surface area (Å²) in [5, 5.41) is 13.2. The second-order valence-corrected chi connectivity index (χ2v) is 8.77. The molecule has 0 aliphatic rings. The summed E-state index contributed by atoms with van der Waals surface area (Å²) >= 11 is 1.22. The third-order valence-corrected chi connectivity index (χ3v) is 6.69. The summed E-state index contributed by atoms with van der Waals surface area (Å²) in [6, 6.07) is 25.4. The molecule has 6 heteroatoms. The summed E-state index contributed by atoms with van der Waals surface area (Å²) in [6.45, 7) is 2.54. The highest BCUT2D eigenvalue weighted by Gasteiger charge is 2.10. The smallest absolute Gasteiger partial charge is 0.130 e. The fourth-order valence-corrected chi connectivity index (χ4v) is 4.75. The maximum absolute atomic E-state index is 11.3. The fraction of sp³-hybridized carbons (Fsp3) is 0.111. The van der Waals surface area contributed by atoms with Crippen LogP contribution in [0.1, 0.15) is 26.5 Å². The van der Waals surface area contributed by atoms with Gasteiger partial charge < -0.3 is 19.4 Å². The van der Waals surface area contributed by atoms with Gasteiger partial charge in [0.25, 0.3) is 0 Å². The van der Waals surface area contributed by atoms with E-state index in [1.54, 1.807) is 6.92 Å². The van der Waals surface area contributed by atoms with Gasteiger partial charge in [-0.1, -0.05) is 36.4 Å². The number of para-hydroxylation sites is 1. The first-order valence-electron chi connectivity index (χ1n) is 10.5. The van der Waals surface area contributed by atoms with E-state index in [0.717, 1.165) is 38.0 Å². The van der Waals surface area contributed by atoms with Crippen LogP contribution in [0.25, 0.3) is 21.0 Å². The largest absolute Gasteiger partial charge is 0.544 e. The van der Waals surface area contributed by atoms with Crippen molar-refractivity contribution in [2.45, 2.75) is 20.1 Å². The van der Waals surface area contributed by atoms with Crippen molar-refractivity contribution in [2.24, 2.45) is 0 Å². The monoisotopic (exact) mass is 454 g/mol. The normalized spacial score (nSPS) is 11.1. The van der Waals surface area contributed by atoms with Gasteiger partial charge in [-0.15, -0.1) is 11.3 Å². The van der Waals surface area contributed by atoms with Crippen LogP contribution in [0.4, 0.5) is 0 Å². The van der Waals surface area contributed by atoms with E-state index < -0.39 is 5.97 Å². The number of hydrogen-bond acceptors (Lipinski definition) is 6. The number of fused-ring (bicyclic) bond motifs is 2. The lowest BCUT2D eigenvalue weighted by Crippen LogP contribution is -2.21. The van der Waals surface area contributed by atoms with Gasteiger partial charge >= 0.3 is 0 Å². The van der Waals surface area contributed by atoms with Crippen molar-refractivity contribution < 1.29 is 19.4 Å². The molecule has 0 amide bonds. The minimum absolute atomic E-state index is 0.257. The number of carboxylic acid groups (broad SMARTS) is 1. The van der Waals surface area contributed by atoms with Crippen LogP contribution in [0.15, 0.2) is 78.9 Å². The molecular weight excluding hydrogens is 434 g/mol. The summed E-state index contributed by atoms with van der Waals surface area (Å²) < 4.78 is 12.8. The predicted molar refractivity (Wildman–Crippen MR) is 128 cm³/mol. The Hall–Kier alpha value is -3.90. The Bertz CT molecular complexity index is 1470. The predicted octanol–water partition coefficient (Wildman–Crippen LogP) is 5.28. The molecule has 164 valence electrons. The first-order chi connectivity index (χ1) is 16.1. The van der Waals surface area contributed by atoms with Gasteiger partial charge in [-0.3, -0.25) is 0 Å². The Kier molecular flexibility index (Phi) is 5.67. The number of aromatic carboxylic acids is 1. The molecule has 0 radical (unpaired) electrons. The highest BCUT2D eigenvalue weighted by molar-refractivity contribution is 7.21. The van der Waals surface area contributed by atoms with E-state index in [9.17, 15) is 9.90 Å². The van der Waals surface area contributed by atoms with E-state index in [1.807, 2.05) is 78.9 Å². The second kappa shape index (κ2) is 8.92. The fourth-order valence-electron chi connectivity index (χ4n) is 3.72. The minimum atomic E-state index is -1.15. The van der Waals surface area contributed by atoms with Gasteiger partial charge in [0.1, 0.15) is 24.7 Å². The Morgan fingerprint density at radius 1 is 0.909 bits per heavy atom. The molecular formula is C27H20NO4S-. The Morgan fingerprint density at radius 3 is 2.61 bits per heavy atom. The zero-order chi connectivity index (χ0) is 22.8. The molecule has 0 unspecified atom stereocenters. The first kappa shape index (κ1) is 21.0. The summed E-state index contributed by atoms with van der Waals surface area (Å²) in [5.41, 5.74) is 3.49. The number of pyridine rings is 1. The van der Waals surface area contributed by atoms with Crippen LogP contribution in [-0.2, 0) is 13.2 Å². The molecule has 5 rings (SSSR count). The first-order valence-corrected chi connectivity index (χ1v) is 11.3. The van der Waals surface area contributed by atoms with Crippen molar-refractivity contribution in [1.82, 2.24) is 4.98 Å². The Morgan fingerprint density at radius 2 is 1.73 bits per heavy atom. The van der Waals surface area contributed by atoms with E-state index in [0.29, 0.717) is 24.5 Å². The van der Waals surface area contributed by atoms with Gasteiger partial charge in [-0.2, -0.15) is 0 Å². The minimum Gasteiger partial charge on any atom is -0.544 e. The van der Waals surface area contributed by atoms with Crippen LogP contribution in [0.2, 0.25) is 0 Å². The number of aryl methyl sites for hydroxylation is 1. The van der Waals surface area contributed by atoms with E-state index in [4.69, 9.17) is 9.47 Å². The molecule has 0 fully saturated rings. The maximum Gasteiger partial charge on any atom is 0.130 e. The molecule has 5 aromatic rings. The number of carbonyl (C=O) groups excluding carboxylic acids is 1. The number of carboxylic acids is 1. The van der Waals surface area contributed by atoms with Gasteiger partial charge in [0.15, 0.2) is 0 Å². The molecule has 2 heterocycles. The van der Waals surface area contributed by atoms with E-state index in [1.165, 1.54) is 11.3 Å². The molecule has 0 N–H and O–H groups in total. The molecule has 0 saturated heterocycles. The van der Waals surface area contributed by atoms with E-state index >= 15 is 0 Å². The summed E-state index contributed by atoms with van der Waals surface area (Å²) in [7, 11) is 0. The average Bonchev–Trinajstić information content (AvgIpc) is 3.18. The molecule has 2 aromatic heterocycles. The molecule has 0 bridgehead atoms. The summed E-state index contributed by atoms with van der Waals surface area (Å²) in [5.74, 6) is 0.278. The molecule has 0 spiro atoms. The lowest BCUT2D eigenvalue weighted by atomic mass is 10.1. The van der Waals surface area contributed by atoms with Crippen molar-refractivity contribution in [2.75, 3.05) is 0 Å². The molecule has 0 saturated carbocycles. The van der Waals surface area contributed by atoms with Crippen molar-refractivity contribution in [3.8, 4) is 11.5 Å². The van der Waals surface area contributed by atoms with Crippen molar-refractivity contribution >= 4 is 38.3 Å². The van der Waals surface area contributed by atoms with Gasteiger partial charge in [0.2, 0.25) is 0 Å².